The summed E-state index contributed by atoms with van der Waals surface area (Å²) in [4.78, 5) is 0. The van der Waals surface area contributed by atoms with Gasteiger partial charge in [0.05, 0.1) is 0 Å². The Kier molecular flexibility index (Phi) is 4.67. The van der Waals surface area contributed by atoms with Crippen LogP contribution in [0.25, 0.3) is 17.2 Å². The molecule has 20 heavy (non-hydrogen) atoms. The number of unbranched alkanes of at least 4 members (excludes halogenated alkanes) is 1. The van der Waals surface area contributed by atoms with Crippen LogP contribution >= 0.6 is 0 Å². The lowest BCUT2D eigenvalue weighted by Gasteiger charge is -2.06. The summed E-state index contributed by atoms with van der Waals surface area (Å²) in [6, 6.07) is 10.7. The number of hydrogen-bond acceptors (Lipinski definition) is 0. The minimum absolute atomic E-state index is 0.303. The Morgan fingerprint density at radius 3 is 2.30 bits per heavy atom. The molecule has 104 valence electrons. The summed E-state index contributed by atoms with van der Waals surface area (Å²) in [6.07, 6.45) is 6.31. The lowest BCUT2D eigenvalue weighted by Crippen LogP contribution is -1.92. The Bertz CT molecular complexity index is 610. The third kappa shape index (κ3) is 3.13. The van der Waals surface area contributed by atoms with E-state index in [-0.39, 0.29) is 0 Å². The van der Waals surface area contributed by atoms with E-state index in [1.54, 1.807) is 19.1 Å². The van der Waals surface area contributed by atoms with Gasteiger partial charge in [-0.3, -0.25) is 0 Å². The summed E-state index contributed by atoms with van der Waals surface area (Å²) in [5.41, 5.74) is 2.38. The first-order valence-corrected chi connectivity index (χ1v) is 6.85. The van der Waals surface area contributed by atoms with Gasteiger partial charge in [-0.25, -0.2) is 8.78 Å². The van der Waals surface area contributed by atoms with Gasteiger partial charge in [-0.1, -0.05) is 61.9 Å². The smallest absolute Gasteiger partial charge is 0.166 e. The summed E-state index contributed by atoms with van der Waals surface area (Å²) in [5, 5.41) is 0. The quantitative estimate of drug-likeness (QED) is 0.664. The summed E-state index contributed by atoms with van der Waals surface area (Å²) < 4.78 is 27.5. The molecule has 0 aliphatic carbocycles. The maximum atomic E-state index is 13.9. The van der Waals surface area contributed by atoms with Crippen LogP contribution in [0, 0.1) is 18.6 Å². The maximum Gasteiger partial charge on any atom is 0.166 e. The molecule has 0 saturated carbocycles. The fourth-order valence-corrected chi connectivity index (χ4v) is 2.03. The highest BCUT2D eigenvalue weighted by atomic mass is 19.2. The van der Waals surface area contributed by atoms with E-state index in [2.05, 4.69) is 13.0 Å². The molecule has 0 unspecified atom stereocenters. The Hall–Kier alpha value is -1.96. The largest absolute Gasteiger partial charge is 0.203 e. The van der Waals surface area contributed by atoms with Gasteiger partial charge in [0.1, 0.15) is 0 Å². The highest BCUT2D eigenvalue weighted by Gasteiger charge is 2.12. The summed E-state index contributed by atoms with van der Waals surface area (Å²) >= 11 is 0. The molecule has 2 aromatic carbocycles. The molecule has 0 bridgehead atoms. The Morgan fingerprint density at radius 2 is 1.65 bits per heavy atom. The first-order valence-electron chi connectivity index (χ1n) is 6.85. The van der Waals surface area contributed by atoms with Crippen LogP contribution in [0.2, 0.25) is 0 Å². The molecule has 0 nitrogen and oxygen atoms in total. The van der Waals surface area contributed by atoms with Gasteiger partial charge < -0.3 is 0 Å². The van der Waals surface area contributed by atoms with Gasteiger partial charge in [0.25, 0.3) is 0 Å². The van der Waals surface area contributed by atoms with Crippen molar-refractivity contribution in [1.29, 1.82) is 0 Å². The predicted octanol–water partition coefficient (Wildman–Crippen LogP) is 5.75. The molecular formula is C18H18F2. The van der Waals surface area contributed by atoms with Crippen molar-refractivity contribution in [2.45, 2.75) is 26.7 Å². The van der Waals surface area contributed by atoms with E-state index in [1.807, 2.05) is 30.3 Å². The predicted molar refractivity (Wildman–Crippen MR) is 80.5 cm³/mol. The number of halogens is 2. The number of benzene rings is 2. The zero-order valence-electron chi connectivity index (χ0n) is 11.8. The molecule has 0 aliphatic rings. The molecule has 0 amide bonds. The average Bonchev–Trinajstić information content (AvgIpc) is 2.46. The normalized spacial score (nSPS) is 11.2. The molecule has 0 fully saturated rings. The maximum absolute atomic E-state index is 13.9. The van der Waals surface area contributed by atoms with Gasteiger partial charge in [0, 0.05) is 5.56 Å². The Labute approximate surface area is 118 Å². The lowest BCUT2D eigenvalue weighted by atomic mass is 10.0. The fraction of sp³-hybridized carbons (Fsp3) is 0.222. The van der Waals surface area contributed by atoms with Crippen molar-refractivity contribution in [2.75, 3.05) is 0 Å². The molecular weight excluding hydrogens is 254 g/mol. The number of hydrogen-bond donors (Lipinski definition) is 0. The van der Waals surface area contributed by atoms with Crippen LogP contribution in [0.3, 0.4) is 0 Å². The van der Waals surface area contributed by atoms with Crippen LogP contribution < -0.4 is 0 Å². The van der Waals surface area contributed by atoms with Gasteiger partial charge in [-0.2, -0.15) is 0 Å². The summed E-state index contributed by atoms with van der Waals surface area (Å²) in [7, 11) is 0. The molecule has 0 aromatic heterocycles. The van der Waals surface area contributed by atoms with Crippen LogP contribution in [-0.2, 0) is 0 Å². The molecule has 0 N–H and O–H groups in total. The third-order valence-corrected chi connectivity index (χ3v) is 3.26. The van der Waals surface area contributed by atoms with Gasteiger partial charge in [-0.05, 0) is 30.0 Å². The zero-order valence-corrected chi connectivity index (χ0v) is 11.8. The van der Waals surface area contributed by atoms with Gasteiger partial charge >= 0.3 is 0 Å². The van der Waals surface area contributed by atoms with E-state index in [4.69, 9.17) is 0 Å². The summed E-state index contributed by atoms with van der Waals surface area (Å²) in [6.45, 7) is 3.69. The molecule has 2 heteroatoms. The topological polar surface area (TPSA) is 0 Å². The molecule has 0 heterocycles. The highest BCUT2D eigenvalue weighted by molar-refractivity contribution is 5.66. The van der Waals surface area contributed by atoms with E-state index in [9.17, 15) is 8.78 Å². The first-order chi connectivity index (χ1) is 9.63. The fourth-order valence-electron chi connectivity index (χ4n) is 2.03. The van der Waals surface area contributed by atoms with Crippen molar-refractivity contribution in [1.82, 2.24) is 0 Å². The molecule has 0 spiro atoms. The monoisotopic (exact) mass is 272 g/mol. The second kappa shape index (κ2) is 6.47. The van der Waals surface area contributed by atoms with E-state index in [0.717, 1.165) is 18.4 Å². The second-order valence-corrected chi connectivity index (χ2v) is 4.87. The number of aryl methyl sites for hydroxylation is 1. The van der Waals surface area contributed by atoms with Crippen LogP contribution in [0.1, 0.15) is 30.9 Å². The van der Waals surface area contributed by atoms with E-state index >= 15 is 0 Å². The van der Waals surface area contributed by atoms with Gasteiger partial charge in [0.2, 0.25) is 0 Å². The van der Waals surface area contributed by atoms with Crippen molar-refractivity contribution in [3.63, 3.8) is 0 Å². The van der Waals surface area contributed by atoms with Gasteiger partial charge in [0.15, 0.2) is 11.6 Å². The van der Waals surface area contributed by atoms with Crippen molar-refractivity contribution in [3.05, 3.63) is 65.2 Å². The van der Waals surface area contributed by atoms with E-state index in [1.165, 1.54) is 0 Å². The molecule has 0 atom stereocenters. The molecule has 2 rings (SSSR count). The molecule has 2 aromatic rings. The zero-order chi connectivity index (χ0) is 14.5. The van der Waals surface area contributed by atoms with Crippen molar-refractivity contribution in [2.24, 2.45) is 0 Å². The Morgan fingerprint density at radius 1 is 0.950 bits per heavy atom. The minimum atomic E-state index is -0.778. The standard InChI is InChI=1S/C18H18F2/c1-3-4-5-6-14-8-10-15(11-9-14)16-12-7-13(2)17(19)18(16)20/h5-12H,3-4H2,1-2H3/b6-5+. The van der Waals surface area contributed by atoms with E-state index in [0.29, 0.717) is 16.7 Å². The number of allylic oxidation sites excluding steroid dienone is 1. The van der Waals surface area contributed by atoms with Crippen LogP contribution in [0.15, 0.2) is 42.5 Å². The van der Waals surface area contributed by atoms with Crippen LogP contribution in [0.4, 0.5) is 8.78 Å². The van der Waals surface area contributed by atoms with E-state index < -0.39 is 11.6 Å². The molecule has 0 radical (unpaired) electrons. The lowest BCUT2D eigenvalue weighted by molar-refractivity contribution is 0.505. The molecule has 0 saturated heterocycles. The van der Waals surface area contributed by atoms with Crippen LogP contribution in [-0.4, -0.2) is 0 Å². The minimum Gasteiger partial charge on any atom is -0.203 e. The van der Waals surface area contributed by atoms with Crippen molar-refractivity contribution in [3.8, 4) is 11.1 Å². The van der Waals surface area contributed by atoms with Gasteiger partial charge in [-0.15, -0.1) is 0 Å². The van der Waals surface area contributed by atoms with Crippen molar-refractivity contribution < 1.29 is 8.78 Å². The summed E-state index contributed by atoms with van der Waals surface area (Å²) in [5.74, 6) is -1.55. The highest BCUT2D eigenvalue weighted by Crippen LogP contribution is 2.26. The molecule has 0 aliphatic heterocycles. The Balaban J connectivity index is 2.29. The first kappa shape index (κ1) is 14.4. The van der Waals surface area contributed by atoms with Crippen molar-refractivity contribution >= 4 is 6.08 Å². The van der Waals surface area contributed by atoms with Crippen LogP contribution in [0.5, 0.6) is 0 Å². The SMILES string of the molecule is CCC/C=C/c1ccc(-c2ccc(C)c(F)c2F)cc1. The number of rotatable bonds is 4. The second-order valence-electron chi connectivity index (χ2n) is 4.87. The third-order valence-electron chi connectivity index (χ3n) is 3.26. The average molecular weight is 272 g/mol.